The van der Waals surface area contributed by atoms with E-state index in [2.05, 4.69) is 20.3 Å². The quantitative estimate of drug-likeness (QED) is 0.728. The third kappa shape index (κ3) is 3.15. The van der Waals surface area contributed by atoms with Gasteiger partial charge in [0.05, 0.1) is 23.1 Å². The van der Waals surface area contributed by atoms with Crippen molar-refractivity contribution in [3.05, 3.63) is 58.1 Å². The molecule has 0 fully saturated rings. The molecule has 7 heteroatoms. The van der Waals surface area contributed by atoms with Crippen LogP contribution in [-0.2, 0) is 6.54 Å². The number of pyridine rings is 1. The average Bonchev–Trinajstić information content (AvgIpc) is 2.87. The number of fused-ring (bicyclic) bond motifs is 1. The highest BCUT2D eigenvalue weighted by molar-refractivity contribution is 6.31. The average molecular weight is 321 g/mol. The zero-order chi connectivity index (χ0) is 14.8. The van der Waals surface area contributed by atoms with Crippen LogP contribution < -0.4 is 5.32 Å². The Labute approximate surface area is 130 Å². The van der Waals surface area contributed by atoms with Crippen LogP contribution in [0.4, 0.5) is 0 Å². The van der Waals surface area contributed by atoms with Crippen molar-refractivity contribution >= 4 is 40.1 Å². The van der Waals surface area contributed by atoms with Crippen LogP contribution in [0.15, 0.2) is 36.5 Å². The number of rotatable bonds is 3. The Morgan fingerprint density at radius 3 is 2.86 bits per heavy atom. The fourth-order valence-corrected chi connectivity index (χ4v) is 2.18. The second-order valence-corrected chi connectivity index (χ2v) is 5.22. The van der Waals surface area contributed by atoms with Gasteiger partial charge in [0.2, 0.25) is 0 Å². The molecule has 2 aromatic heterocycles. The normalized spacial score (nSPS) is 10.8. The number of halogens is 2. The summed E-state index contributed by atoms with van der Waals surface area (Å²) in [5.41, 5.74) is 2.08. The van der Waals surface area contributed by atoms with Gasteiger partial charge in [-0.25, -0.2) is 9.97 Å². The fraction of sp³-hybridized carbons (Fsp3) is 0.0714. The summed E-state index contributed by atoms with van der Waals surface area (Å²) in [6.45, 7) is 0.285. The molecule has 3 rings (SSSR count). The minimum atomic E-state index is -0.238. The van der Waals surface area contributed by atoms with Crippen LogP contribution >= 0.6 is 23.2 Å². The number of hydrogen-bond donors (Lipinski definition) is 2. The second-order valence-electron chi connectivity index (χ2n) is 4.40. The highest BCUT2D eigenvalue weighted by Crippen LogP contribution is 2.17. The molecule has 0 bridgehead atoms. The van der Waals surface area contributed by atoms with Gasteiger partial charge in [-0.2, -0.15) is 0 Å². The van der Waals surface area contributed by atoms with E-state index in [1.165, 1.54) is 6.20 Å². The van der Waals surface area contributed by atoms with E-state index in [-0.39, 0.29) is 12.5 Å². The first kappa shape index (κ1) is 13.9. The first-order valence-corrected chi connectivity index (χ1v) is 6.91. The topological polar surface area (TPSA) is 70.7 Å². The predicted molar refractivity (Wildman–Crippen MR) is 81.5 cm³/mol. The molecule has 1 amide bonds. The smallest absolute Gasteiger partial charge is 0.253 e. The molecular formula is C14H10Cl2N4O. The lowest BCUT2D eigenvalue weighted by molar-refractivity contribution is 0.0949. The molecule has 0 spiro atoms. The molecule has 0 unspecified atom stereocenters. The molecule has 5 nitrogen and oxygen atoms in total. The number of amides is 1. The van der Waals surface area contributed by atoms with Gasteiger partial charge in [-0.05, 0) is 30.3 Å². The van der Waals surface area contributed by atoms with E-state index in [0.717, 1.165) is 11.0 Å². The maximum absolute atomic E-state index is 11.9. The van der Waals surface area contributed by atoms with E-state index < -0.39 is 0 Å². The number of H-pyrrole nitrogens is 1. The zero-order valence-electron chi connectivity index (χ0n) is 10.7. The Bertz CT molecular complexity index is 798. The van der Waals surface area contributed by atoms with E-state index in [9.17, 15) is 4.79 Å². The molecule has 1 aromatic carbocycles. The number of benzene rings is 1. The molecule has 2 N–H and O–H groups in total. The van der Waals surface area contributed by atoms with E-state index in [4.69, 9.17) is 23.2 Å². The van der Waals surface area contributed by atoms with Crippen LogP contribution in [0.1, 0.15) is 16.2 Å². The van der Waals surface area contributed by atoms with Gasteiger partial charge in [0, 0.05) is 11.2 Å². The molecule has 0 radical (unpaired) electrons. The molecule has 106 valence electrons. The Balaban J connectivity index is 1.71. The summed E-state index contributed by atoms with van der Waals surface area (Å²) in [5, 5.41) is 3.74. The maximum Gasteiger partial charge on any atom is 0.253 e. The molecule has 0 aliphatic rings. The van der Waals surface area contributed by atoms with Crippen LogP contribution in [0.5, 0.6) is 0 Å². The first-order valence-electron chi connectivity index (χ1n) is 6.16. The number of aromatic nitrogens is 3. The van der Waals surface area contributed by atoms with E-state index in [1.54, 1.807) is 24.3 Å². The van der Waals surface area contributed by atoms with Crippen molar-refractivity contribution in [2.24, 2.45) is 0 Å². The fourth-order valence-electron chi connectivity index (χ4n) is 1.89. The largest absolute Gasteiger partial charge is 0.345 e. The summed E-state index contributed by atoms with van der Waals surface area (Å²) in [6.07, 6.45) is 1.43. The van der Waals surface area contributed by atoms with E-state index in [1.807, 2.05) is 6.07 Å². The number of carbonyl (C=O) groups is 1. The summed E-state index contributed by atoms with van der Waals surface area (Å²) in [6, 6.07) is 8.57. The van der Waals surface area contributed by atoms with Gasteiger partial charge in [0.1, 0.15) is 11.0 Å². The summed E-state index contributed by atoms with van der Waals surface area (Å²) < 4.78 is 0. The van der Waals surface area contributed by atoms with Crippen molar-refractivity contribution in [2.75, 3.05) is 0 Å². The summed E-state index contributed by atoms with van der Waals surface area (Å²) in [4.78, 5) is 23.3. The van der Waals surface area contributed by atoms with E-state index >= 15 is 0 Å². The monoisotopic (exact) mass is 320 g/mol. The number of aromatic amines is 1. The number of nitrogens with one attached hydrogen (secondary N) is 2. The van der Waals surface area contributed by atoms with Gasteiger partial charge in [-0.15, -0.1) is 0 Å². The van der Waals surface area contributed by atoms with Crippen molar-refractivity contribution in [1.29, 1.82) is 0 Å². The van der Waals surface area contributed by atoms with Crippen molar-refractivity contribution in [3.8, 4) is 0 Å². The van der Waals surface area contributed by atoms with Crippen LogP contribution in [-0.4, -0.2) is 20.9 Å². The molecule has 21 heavy (non-hydrogen) atoms. The third-order valence-electron chi connectivity index (χ3n) is 2.90. The highest BCUT2D eigenvalue weighted by Gasteiger charge is 2.08. The summed E-state index contributed by atoms with van der Waals surface area (Å²) >= 11 is 11.6. The van der Waals surface area contributed by atoms with Gasteiger partial charge in [0.25, 0.3) is 5.91 Å². The maximum atomic E-state index is 11.9. The number of hydrogen-bond acceptors (Lipinski definition) is 3. The minimum absolute atomic E-state index is 0.238. The van der Waals surface area contributed by atoms with Gasteiger partial charge in [-0.1, -0.05) is 23.2 Å². The zero-order valence-corrected chi connectivity index (χ0v) is 12.2. The van der Waals surface area contributed by atoms with Gasteiger partial charge in [0.15, 0.2) is 0 Å². The summed E-state index contributed by atoms with van der Waals surface area (Å²) in [7, 11) is 0. The van der Waals surface area contributed by atoms with E-state index in [0.29, 0.717) is 21.6 Å². The standard InChI is InChI=1S/C14H10Cl2N4O/c15-9-2-3-10-11(5-9)20-13(19-10)7-18-14(21)8-1-4-12(16)17-6-8/h1-6H,7H2,(H,18,21)(H,19,20). The Kier molecular flexibility index (Phi) is 3.77. The van der Waals surface area contributed by atoms with Crippen LogP contribution in [0, 0.1) is 0 Å². The molecule has 0 aliphatic heterocycles. The lowest BCUT2D eigenvalue weighted by Crippen LogP contribution is -2.23. The number of carbonyl (C=O) groups excluding carboxylic acids is 1. The van der Waals surface area contributed by atoms with Crippen molar-refractivity contribution in [3.63, 3.8) is 0 Å². The lowest BCUT2D eigenvalue weighted by atomic mass is 10.3. The summed E-state index contributed by atoms with van der Waals surface area (Å²) in [5.74, 6) is 0.417. The molecule has 2 heterocycles. The number of nitrogens with zero attached hydrogens (tertiary/aromatic N) is 2. The molecule has 0 saturated carbocycles. The van der Waals surface area contributed by atoms with Crippen LogP contribution in [0.3, 0.4) is 0 Å². The van der Waals surface area contributed by atoms with Gasteiger partial charge in [-0.3, -0.25) is 4.79 Å². The highest BCUT2D eigenvalue weighted by atomic mass is 35.5. The molecular weight excluding hydrogens is 311 g/mol. The Hall–Kier alpha value is -2.11. The number of imidazole rings is 1. The lowest BCUT2D eigenvalue weighted by Gasteiger charge is -2.02. The van der Waals surface area contributed by atoms with Crippen LogP contribution in [0.2, 0.25) is 10.2 Å². The second kappa shape index (κ2) is 5.71. The Morgan fingerprint density at radius 1 is 1.24 bits per heavy atom. The van der Waals surface area contributed by atoms with Crippen molar-refractivity contribution in [2.45, 2.75) is 6.54 Å². The first-order chi connectivity index (χ1) is 10.1. The third-order valence-corrected chi connectivity index (χ3v) is 3.36. The molecule has 0 saturated heterocycles. The van der Waals surface area contributed by atoms with Gasteiger partial charge < -0.3 is 10.3 Å². The SMILES string of the molecule is O=C(NCc1nc2ccc(Cl)cc2[nH]1)c1ccc(Cl)nc1. The van der Waals surface area contributed by atoms with Gasteiger partial charge >= 0.3 is 0 Å². The molecule has 0 atom stereocenters. The molecule has 0 aliphatic carbocycles. The predicted octanol–water partition coefficient (Wildman–Crippen LogP) is 3.19. The van der Waals surface area contributed by atoms with Crippen molar-refractivity contribution in [1.82, 2.24) is 20.3 Å². The molecule has 3 aromatic rings. The van der Waals surface area contributed by atoms with Crippen LogP contribution in [0.25, 0.3) is 11.0 Å². The van der Waals surface area contributed by atoms with Crippen molar-refractivity contribution < 1.29 is 4.79 Å². The Morgan fingerprint density at radius 2 is 2.10 bits per heavy atom. The minimum Gasteiger partial charge on any atom is -0.345 e.